The second-order valence-corrected chi connectivity index (χ2v) is 6.26. The van der Waals surface area contributed by atoms with Crippen molar-refractivity contribution in [2.45, 2.75) is 6.18 Å². The van der Waals surface area contributed by atoms with E-state index < -0.39 is 47.7 Å². The summed E-state index contributed by atoms with van der Waals surface area (Å²) in [4.78, 5) is 48.0. The lowest BCUT2D eigenvalue weighted by atomic mass is 10.1. The molecule has 0 atom stereocenters. The number of anilines is 1. The van der Waals surface area contributed by atoms with Crippen LogP contribution in [-0.4, -0.2) is 35.5 Å². The largest absolute Gasteiger partial charge is 0.482 e. The highest BCUT2D eigenvalue weighted by Crippen LogP contribution is 2.32. The Morgan fingerprint density at radius 3 is 2.39 bits per heavy atom. The quantitative estimate of drug-likeness (QED) is 0.553. The zero-order valence-electron chi connectivity index (χ0n) is 15.5. The maximum atomic E-state index is 13.0. The summed E-state index contributed by atoms with van der Waals surface area (Å²) in [6.45, 7) is -0.560. The summed E-state index contributed by atoms with van der Waals surface area (Å²) in [6.07, 6.45) is -3.55. The summed E-state index contributed by atoms with van der Waals surface area (Å²) >= 11 is 0. The molecule has 2 N–H and O–H groups in total. The van der Waals surface area contributed by atoms with Crippen LogP contribution in [0, 0.1) is 0 Å². The number of hydrogen-bond donors (Lipinski definition) is 2. The first-order valence-electron chi connectivity index (χ1n) is 8.59. The van der Waals surface area contributed by atoms with Gasteiger partial charge in [-0.1, -0.05) is 18.2 Å². The number of imide groups is 2. The molecule has 0 aromatic heterocycles. The van der Waals surface area contributed by atoms with Gasteiger partial charge in [-0.05, 0) is 42.0 Å². The van der Waals surface area contributed by atoms with E-state index in [2.05, 4.69) is 0 Å². The van der Waals surface area contributed by atoms with E-state index in [-0.39, 0.29) is 11.4 Å². The number of carbonyl (C=O) groups is 4. The fourth-order valence-corrected chi connectivity index (χ4v) is 2.69. The monoisotopic (exact) mass is 434 g/mol. The average molecular weight is 434 g/mol. The van der Waals surface area contributed by atoms with E-state index in [9.17, 15) is 32.3 Å². The Kier molecular flexibility index (Phi) is 5.77. The van der Waals surface area contributed by atoms with Gasteiger partial charge >= 0.3 is 18.2 Å². The molecule has 4 amide bonds. The number of alkyl halides is 3. The summed E-state index contributed by atoms with van der Waals surface area (Å²) in [5.41, 5.74) is -1.56. The van der Waals surface area contributed by atoms with E-state index in [0.717, 1.165) is 24.3 Å². The van der Waals surface area contributed by atoms with Crippen molar-refractivity contribution >= 4 is 35.6 Å². The van der Waals surface area contributed by atoms with Gasteiger partial charge in [-0.3, -0.25) is 14.9 Å². The van der Waals surface area contributed by atoms with Crippen LogP contribution in [-0.2, 0) is 20.6 Å². The van der Waals surface area contributed by atoms with Gasteiger partial charge in [0.25, 0.3) is 11.8 Å². The van der Waals surface area contributed by atoms with Crippen molar-refractivity contribution in [1.82, 2.24) is 5.32 Å². The van der Waals surface area contributed by atoms with Gasteiger partial charge in [-0.25, -0.2) is 14.5 Å². The van der Waals surface area contributed by atoms with Crippen LogP contribution in [0.2, 0.25) is 0 Å². The second-order valence-electron chi connectivity index (χ2n) is 6.26. The number of carboxylic acid groups (broad SMARTS) is 1. The smallest absolute Gasteiger partial charge is 0.416 e. The van der Waals surface area contributed by atoms with Gasteiger partial charge in [-0.15, -0.1) is 0 Å². The lowest BCUT2D eigenvalue weighted by molar-refractivity contribution is -0.139. The third-order valence-electron chi connectivity index (χ3n) is 4.09. The summed E-state index contributed by atoms with van der Waals surface area (Å²) in [7, 11) is 0. The standard InChI is InChI=1S/C20H13F3N2O6/c21-20(22,23)12-2-1-3-13(9-12)25-18(29)15(17(28)24-19(25)30)8-11-4-6-14(7-5-11)31-10-16(26)27/h1-9H,10H2,(H,26,27)(H,24,28,30)/b15-8+. The highest BCUT2D eigenvalue weighted by molar-refractivity contribution is 6.39. The molecule has 0 unspecified atom stereocenters. The third-order valence-corrected chi connectivity index (χ3v) is 4.09. The maximum absolute atomic E-state index is 13.0. The Morgan fingerprint density at radius 1 is 1.10 bits per heavy atom. The van der Waals surface area contributed by atoms with Gasteiger partial charge in [0, 0.05) is 0 Å². The number of barbiturate groups is 1. The van der Waals surface area contributed by atoms with E-state index in [1.165, 1.54) is 24.3 Å². The SMILES string of the molecule is O=C(O)COc1ccc(/C=C2\C(=O)NC(=O)N(c3cccc(C(F)(F)F)c3)C2=O)cc1. The molecule has 8 nitrogen and oxygen atoms in total. The topological polar surface area (TPSA) is 113 Å². The number of benzene rings is 2. The molecule has 0 spiro atoms. The van der Waals surface area contributed by atoms with Crippen molar-refractivity contribution in [2.24, 2.45) is 0 Å². The Balaban J connectivity index is 1.90. The number of hydrogen-bond acceptors (Lipinski definition) is 5. The van der Waals surface area contributed by atoms with Crippen molar-refractivity contribution in [3.8, 4) is 5.75 Å². The van der Waals surface area contributed by atoms with E-state index in [1.807, 2.05) is 5.32 Å². The van der Waals surface area contributed by atoms with Gasteiger partial charge in [0.15, 0.2) is 6.61 Å². The number of rotatable bonds is 5. The normalized spacial score (nSPS) is 15.8. The van der Waals surface area contributed by atoms with E-state index >= 15 is 0 Å². The van der Waals surface area contributed by atoms with Crippen molar-refractivity contribution in [3.05, 3.63) is 65.2 Å². The minimum absolute atomic E-state index is 0.227. The molecule has 1 aliphatic heterocycles. The number of ether oxygens (including phenoxy) is 1. The van der Waals surface area contributed by atoms with Crippen molar-refractivity contribution < 1.29 is 42.2 Å². The maximum Gasteiger partial charge on any atom is 0.416 e. The van der Waals surface area contributed by atoms with Gasteiger partial charge in [0.1, 0.15) is 11.3 Å². The highest BCUT2D eigenvalue weighted by Gasteiger charge is 2.38. The molecule has 0 bridgehead atoms. The van der Waals surface area contributed by atoms with Crippen LogP contribution in [0.15, 0.2) is 54.1 Å². The summed E-state index contributed by atoms with van der Waals surface area (Å²) < 4.78 is 43.9. The number of carboxylic acids is 1. The molecule has 0 aliphatic carbocycles. The van der Waals surface area contributed by atoms with Crippen LogP contribution >= 0.6 is 0 Å². The number of nitrogens with one attached hydrogen (secondary N) is 1. The van der Waals surface area contributed by atoms with Crippen LogP contribution in [0.25, 0.3) is 6.08 Å². The van der Waals surface area contributed by atoms with E-state index in [4.69, 9.17) is 9.84 Å². The molecule has 1 aliphatic rings. The predicted octanol–water partition coefficient (Wildman–Crippen LogP) is 2.84. The van der Waals surface area contributed by atoms with Crippen LogP contribution in [0.1, 0.15) is 11.1 Å². The lowest BCUT2D eigenvalue weighted by Gasteiger charge is -2.26. The molecule has 11 heteroatoms. The molecule has 0 saturated carbocycles. The molecule has 1 fully saturated rings. The van der Waals surface area contributed by atoms with Crippen LogP contribution < -0.4 is 15.0 Å². The minimum atomic E-state index is -4.69. The van der Waals surface area contributed by atoms with Crippen LogP contribution in [0.5, 0.6) is 5.75 Å². The van der Waals surface area contributed by atoms with Crippen molar-refractivity contribution in [2.75, 3.05) is 11.5 Å². The number of urea groups is 1. The van der Waals surface area contributed by atoms with Crippen LogP contribution in [0.3, 0.4) is 0 Å². The second kappa shape index (κ2) is 8.30. The number of carbonyl (C=O) groups excluding carboxylic acids is 3. The first-order valence-corrected chi connectivity index (χ1v) is 8.59. The molecule has 2 aromatic rings. The zero-order chi connectivity index (χ0) is 22.8. The third kappa shape index (κ3) is 4.89. The molecule has 0 radical (unpaired) electrons. The summed E-state index contributed by atoms with van der Waals surface area (Å²) in [6, 6.07) is 8.05. The summed E-state index contributed by atoms with van der Waals surface area (Å²) in [5, 5.41) is 10.5. The van der Waals surface area contributed by atoms with E-state index in [0.29, 0.717) is 16.5 Å². The number of aliphatic carboxylic acids is 1. The Bertz CT molecular complexity index is 1090. The minimum Gasteiger partial charge on any atom is -0.482 e. The van der Waals surface area contributed by atoms with Gasteiger partial charge in [0.05, 0.1) is 11.3 Å². The Labute approximate surface area is 172 Å². The summed E-state index contributed by atoms with van der Waals surface area (Å²) in [5.74, 6) is -3.05. The Morgan fingerprint density at radius 2 is 1.77 bits per heavy atom. The number of nitrogens with zero attached hydrogens (tertiary/aromatic N) is 1. The fraction of sp³-hybridized carbons (Fsp3) is 0.100. The van der Waals surface area contributed by atoms with Gasteiger partial charge < -0.3 is 9.84 Å². The lowest BCUT2D eigenvalue weighted by Crippen LogP contribution is -2.54. The molecule has 3 rings (SSSR count). The number of halogens is 3. The van der Waals surface area contributed by atoms with Gasteiger partial charge in [0.2, 0.25) is 0 Å². The molecular weight excluding hydrogens is 421 g/mol. The first kappa shape index (κ1) is 21.6. The molecule has 2 aromatic carbocycles. The van der Waals surface area contributed by atoms with Crippen molar-refractivity contribution in [1.29, 1.82) is 0 Å². The predicted molar refractivity (Wildman–Crippen MR) is 100 cm³/mol. The highest BCUT2D eigenvalue weighted by atomic mass is 19.4. The van der Waals surface area contributed by atoms with Crippen molar-refractivity contribution in [3.63, 3.8) is 0 Å². The zero-order valence-corrected chi connectivity index (χ0v) is 15.5. The van der Waals surface area contributed by atoms with Crippen LogP contribution in [0.4, 0.5) is 23.7 Å². The first-order chi connectivity index (χ1) is 14.6. The fourth-order valence-electron chi connectivity index (χ4n) is 2.69. The number of amides is 4. The molecule has 1 saturated heterocycles. The molecule has 160 valence electrons. The Hall–Kier alpha value is -4.15. The van der Waals surface area contributed by atoms with Gasteiger partial charge in [-0.2, -0.15) is 13.2 Å². The van der Waals surface area contributed by atoms with E-state index in [1.54, 1.807) is 0 Å². The average Bonchev–Trinajstić information content (AvgIpc) is 2.70. The molecular formula is C20H13F3N2O6. The molecule has 1 heterocycles. The molecule has 31 heavy (non-hydrogen) atoms.